The van der Waals surface area contributed by atoms with Crippen molar-refractivity contribution < 1.29 is 0 Å². The van der Waals surface area contributed by atoms with Crippen LogP contribution in [0.25, 0.3) is 5.57 Å². The maximum Gasteiger partial charge on any atom is 0.0345 e. The van der Waals surface area contributed by atoms with Gasteiger partial charge in [0.15, 0.2) is 0 Å². The lowest BCUT2D eigenvalue weighted by atomic mass is 9.97. The zero-order valence-electron chi connectivity index (χ0n) is 14.2. The first kappa shape index (κ1) is 16.5. The molecule has 0 amide bonds. The van der Waals surface area contributed by atoms with Gasteiger partial charge < -0.3 is 0 Å². The Morgan fingerprint density at radius 2 is 1.83 bits per heavy atom. The van der Waals surface area contributed by atoms with Crippen molar-refractivity contribution in [1.29, 1.82) is 0 Å². The summed E-state index contributed by atoms with van der Waals surface area (Å²) in [5.74, 6) is 0. The Labute approximate surface area is 144 Å². The summed E-state index contributed by atoms with van der Waals surface area (Å²) in [5.41, 5.74) is 2.72. The molecule has 0 aliphatic carbocycles. The lowest BCUT2D eigenvalue weighted by Crippen LogP contribution is -2.43. The molecular formula is C21H27NS. The summed E-state index contributed by atoms with van der Waals surface area (Å²) in [5, 5.41) is 2.17. The molecule has 1 nitrogen and oxygen atoms in total. The molecule has 1 aliphatic heterocycles. The molecule has 1 aromatic carbocycles. The van der Waals surface area contributed by atoms with Crippen molar-refractivity contribution in [3.63, 3.8) is 0 Å². The van der Waals surface area contributed by atoms with Gasteiger partial charge >= 0.3 is 0 Å². The van der Waals surface area contributed by atoms with Crippen molar-refractivity contribution in [3.05, 3.63) is 64.4 Å². The lowest BCUT2D eigenvalue weighted by molar-refractivity contribution is 0.106. The molecule has 0 bridgehead atoms. The van der Waals surface area contributed by atoms with Gasteiger partial charge in [-0.1, -0.05) is 48.9 Å². The smallest absolute Gasteiger partial charge is 0.0345 e. The number of rotatable bonds is 5. The molecule has 122 valence electrons. The third-order valence-corrected chi connectivity index (χ3v) is 5.89. The van der Waals surface area contributed by atoms with Gasteiger partial charge in [0.05, 0.1) is 0 Å². The Morgan fingerprint density at radius 3 is 2.48 bits per heavy atom. The van der Waals surface area contributed by atoms with Crippen LogP contribution >= 0.6 is 11.3 Å². The number of piperidine rings is 1. The first-order valence-corrected chi connectivity index (χ1v) is 9.69. The minimum Gasteiger partial charge on any atom is -0.298 e. The highest BCUT2D eigenvalue weighted by molar-refractivity contribution is 7.11. The molecule has 1 fully saturated rings. The van der Waals surface area contributed by atoms with E-state index in [1.165, 1.54) is 41.8 Å². The third kappa shape index (κ3) is 4.13. The number of benzene rings is 1. The molecule has 1 saturated heterocycles. The zero-order valence-corrected chi connectivity index (χ0v) is 15.1. The predicted octanol–water partition coefficient (Wildman–Crippen LogP) is 5.83. The second kappa shape index (κ2) is 7.94. The molecule has 0 saturated carbocycles. The van der Waals surface area contributed by atoms with Gasteiger partial charge in [0.2, 0.25) is 0 Å². The summed E-state index contributed by atoms with van der Waals surface area (Å²) in [6.07, 6.45) is 7.65. The van der Waals surface area contributed by atoms with Crippen LogP contribution in [0.5, 0.6) is 0 Å². The van der Waals surface area contributed by atoms with Crippen molar-refractivity contribution in [2.75, 3.05) is 6.54 Å². The van der Waals surface area contributed by atoms with Gasteiger partial charge in [-0.15, -0.1) is 11.3 Å². The summed E-state index contributed by atoms with van der Waals surface area (Å²) in [4.78, 5) is 4.06. The molecule has 1 aromatic heterocycles. The van der Waals surface area contributed by atoms with Crippen LogP contribution < -0.4 is 0 Å². The molecule has 0 radical (unpaired) electrons. The van der Waals surface area contributed by atoms with Crippen LogP contribution in [0.2, 0.25) is 0 Å². The van der Waals surface area contributed by atoms with E-state index >= 15 is 0 Å². The Hall–Kier alpha value is -1.38. The van der Waals surface area contributed by atoms with Crippen LogP contribution in [-0.4, -0.2) is 23.5 Å². The number of thiophene rings is 1. The number of hydrogen-bond acceptors (Lipinski definition) is 2. The van der Waals surface area contributed by atoms with Crippen LogP contribution in [0.15, 0.2) is 53.9 Å². The van der Waals surface area contributed by atoms with Gasteiger partial charge in [0.1, 0.15) is 0 Å². The SMILES string of the molecule is C[C@@H]1CCC[C@@H](C)N1CC/C=C(\c1ccccc1)c1cccs1. The third-order valence-electron chi connectivity index (χ3n) is 4.98. The van der Waals surface area contributed by atoms with Gasteiger partial charge in [-0.25, -0.2) is 0 Å². The monoisotopic (exact) mass is 325 g/mol. The second-order valence-electron chi connectivity index (χ2n) is 6.62. The number of likely N-dealkylation sites (tertiary alicyclic amines) is 1. The molecule has 0 spiro atoms. The standard InChI is InChI=1S/C21H27NS/c1-17-9-6-10-18(2)22(17)15-7-13-20(21-14-8-16-23-21)19-11-4-3-5-12-19/h3-5,8,11-14,16-18H,6-7,9-10,15H2,1-2H3/b20-13+/t17-,18-/m1/s1. The van der Waals surface area contributed by atoms with Gasteiger partial charge in [-0.2, -0.15) is 0 Å². The molecule has 2 heterocycles. The zero-order chi connectivity index (χ0) is 16.1. The van der Waals surface area contributed by atoms with E-state index in [2.05, 4.69) is 72.7 Å². The van der Waals surface area contributed by atoms with Crippen LogP contribution in [0.4, 0.5) is 0 Å². The van der Waals surface area contributed by atoms with Gasteiger partial charge in [-0.3, -0.25) is 4.90 Å². The fourth-order valence-electron chi connectivity index (χ4n) is 3.68. The highest BCUT2D eigenvalue weighted by atomic mass is 32.1. The fourth-order valence-corrected chi connectivity index (χ4v) is 4.47. The summed E-state index contributed by atoms with van der Waals surface area (Å²) >= 11 is 1.83. The van der Waals surface area contributed by atoms with Crippen LogP contribution in [0.3, 0.4) is 0 Å². The summed E-state index contributed by atoms with van der Waals surface area (Å²) in [6, 6.07) is 16.6. The van der Waals surface area contributed by atoms with E-state index in [9.17, 15) is 0 Å². The average molecular weight is 326 g/mol. The molecule has 1 aliphatic rings. The van der Waals surface area contributed by atoms with Crippen molar-refractivity contribution in [1.82, 2.24) is 4.90 Å². The highest BCUT2D eigenvalue weighted by Crippen LogP contribution is 2.28. The maximum absolute atomic E-state index is 2.69. The highest BCUT2D eigenvalue weighted by Gasteiger charge is 2.23. The first-order chi connectivity index (χ1) is 11.3. The Morgan fingerprint density at radius 1 is 1.09 bits per heavy atom. The Bertz CT molecular complexity index is 605. The van der Waals surface area contributed by atoms with E-state index in [1.54, 1.807) is 0 Å². The van der Waals surface area contributed by atoms with Crippen molar-refractivity contribution >= 4 is 16.9 Å². The topological polar surface area (TPSA) is 3.24 Å². The molecule has 2 atom stereocenters. The molecule has 2 aromatic rings. The minimum atomic E-state index is 0.731. The number of nitrogens with zero attached hydrogens (tertiary/aromatic N) is 1. The van der Waals surface area contributed by atoms with E-state index in [0.717, 1.165) is 18.5 Å². The average Bonchev–Trinajstić information content (AvgIpc) is 3.09. The molecule has 0 unspecified atom stereocenters. The Kier molecular flexibility index (Phi) is 5.69. The van der Waals surface area contributed by atoms with Gasteiger partial charge in [-0.05, 0) is 55.7 Å². The van der Waals surface area contributed by atoms with Crippen LogP contribution in [-0.2, 0) is 0 Å². The summed E-state index contributed by atoms with van der Waals surface area (Å²) in [7, 11) is 0. The Balaban J connectivity index is 1.74. The first-order valence-electron chi connectivity index (χ1n) is 8.81. The predicted molar refractivity (Wildman–Crippen MR) is 102 cm³/mol. The van der Waals surface area contributed by atoms with E-state index in [1.807, 2.05) is 11.3 Å². The van der Waals surface area contributed by atoms with E-state index in [4.69, 9.17) is 0 Å². The largest absolute Gasteiger partial charge is 0.298 e. The maximum atomic E-state index is 2.69. The molecule has 2 heteroatoms. The van der Waals surface area contributed by atoms with Crippen molar-refractivity contribution in [3.8, 4) is 0 Å². The van der Waals surface area contributed by atoms with E-state index in [0.29, 0.717) is 0 Å². The van der Waals surface area contributed by atoms with Gasteiger partial charge in [0.25, 0.3) is 0 Å². The van der Waals surface area contributed by atoms with Crippen LogP contribution in [0.1, 0.15) is 50.0 Å². The van der Waals surface area contributed by atoms with E-state index < -0.39 is 0 Å². The van der Waals surface area contributed by atoms with Gasteiger partial charge in [0, 0.05) is 23.5 Å². The molecule has 3 rings (SSSR count). The molecule has 23 heavy (non-hydrogen) atoms. The summed E-state index contributed by atoms with van der Waals surface area (Å²) in [6.45, 7) is 5.94. The fraction of sp³-hybridized carbons (Fsp3) is 0.429. The number of hydrogen-bond donors (Lipinski definition) is 0. The van der Waals surface area contributed by atoms with Crippen molar-refractivity contribution in [2.24, 2.45) is 0 Å². The second-order valence-corrected chi connectivity index (χ2v) is 7.56. The van der Waals surface area contributed by atoms with Crippen LogP contribution in [0, 0.1) is 0 Å². The summed E-state index contributed by atoms with van der Waals surface area (Å²) < 4.78 is 0. The quantitative estimate of drug-likeness (QED) is 0.668. The minimum absolute atomic E-state index is 0.731. The van der Waals surface area contributed by atoms with Crippen molar-refractivity contribution in [2.45, 2.75) is 51.6 Å². The molecular weight excluding hydrogens is 298 g/mol. The lowest BCUT2D eigenvalue weighted by Gasteiger charge is -2.38. The van der Waals surface area contributed by atoms with E-state index in [-0.39, 0.29) is 0 Å². The normalized spacial score (nSPS) is 23.1. The molecule has 0 N–H and O–H groups in total.